The Balaban J connectivity index is 1.81. The molecule has 0 bridgehead atoms. The molecular formula is C24H35NO3. The molecule has 2 aromatic carbocycles. The van der Waals surface area contributed by atoms with Gasteiger partial charge in [-0.05, 0) is 12.5 Å². The Morgan fingerprint density at radius 1 is 0.929 bits per heavy atom. The zero-order valence-corrected chi connectivity index (χ0v) is 17.4. The highest BCUT2D eigenvalue weighted by Gasteiger charge is 2.16. The second-order valence-corrected chi connectivity index (χ2v) is 7.43. The highest BCUT2D eigenvalue weighted by Crippen LogP contribution is 2.36. The molecule has 4 heteroatoms. The fraction of sp³-hybridized carbons (Fsp3) is 0.542. The van der Waals surface area contributed by atoms with Crippen LogP contribution < -0.4 is 10.1 Å². The summed E-state index contributed by atoms with van der Waals surface area (Å²) in [4.78, 5) is 12.1. The lowest BCUT2D eigenvalue weighted by molar-refractivity contribution is 0.0960. The van der Waals surface area contributed by atoms with Gasteiger partial charge in [0.1, 0.15) is 11.5 Å². The van der Waals surface area contributed by atoms with Crippen molar-refractivity contribution in [3.63, 3.8) is 0 Å². The molecule has 0 saturated carbocycles. The summed E-state index contributed by atoms with van der Waals surface area (Å²) in [5.41, 5.74) is 0.249. The molecule has 0 atom stereocenters. The van der Waals surface area contributed by atoms with Crippen LogP contribution in [0.2, 0.25) is 0 Å². The zero-order valence-electron chi connectivity index (χ0n) is 17.4. The van der Waals surface area contributed by atoms with Gasteiger partial charge in [0.25, 0.3) is 5.91 Å². The van der Waals surface area contributed by atoms with E-state index in [0.717, 1.165) is 18.2 Å². The second kappa shape index (κ2) is 12.3. The first-order valence-corrected chi connectivity index (χ1v) is 10.8. The van der Waals surface area contributed by atoms with Gasteiger partial charge in [-0.15, -0.1) is 0 Å². The topological polar surface area (TPSA) is 58.6 Å². The third-order valence-corrected chi connectivity index (χ3v) is 5.21. The summed E-state index contributed by atoms with van der Waals surface area (Å²) in [7, 11) is 1.56. The molecule has 0 aliphatic carbocycles. The minimum atomic E-state index is -0.313. The zero-order chi connectivity index (χ0) is 20.2. The fourth-order valence-corrected chi connectivity index (χ4v) is 3.53. The summed E-state index contributed by atoms with van der Waals surface area (Å²) >= 11 is 0. The van der Waals surface area contributed by atoms with E-state index in [2.05, 4.69) is 12.2 Å². The number of carbonyl (C=O) groups is 1. The Bertz CT molecular complexity index is 742. The van der Waals surface area contributed by atoms with Gasteiger partial charge < -0.3 is 15.2 Å². The lowest BCUT2D eigenvalue weighted by Crippen LogP contribution is -2.18. The summed E-state index contributed by atoms with van der Waals surface area (Å²) in [5.74, 6) is 0.344. The van der Waals surface area contributed by atoms with Crippen LogP contribution in [0.15, 0.2) is 30.3 Å². The smallest absolute Gasteiger partial charge is 0.254 e. The summed E-state index contributed by atoms with van der Waals surface area (Å²) < 4.78 is 5.99. The second-order valence-electron chi connectivity index (χ2n) is 7.43. The van der Waals surface area contributed by atoms with Crippen LogP contribution in [0.25, 0.3) is 10.8 Å². The van der Waals surface area contributed by atoms with Crippen molar-refractivity contribution < 1.29 is 14.6 Å². The van der Waals surface area contributed by atoms with Crippen LogP contribution in [0.4, 0.5) is 0 Å². The number of fused-ring (bicyclic) bond motifs is 1. The molecule has 2 aromatic rings. The summed E-state index contributed by atoms with van der Waals surface area (Å²) in [5, 5.41) is 14.5. The average molecular weight is 386 g/mol. The number of hydrogen-bond acceptors (Lipinski definition) is 3. The number of ether oxygens (including phenoxy) is 1. The van der Waals surface area contributed by atoms with Gasteiger partial charge in [0.05, 0.1) is 12.2 Å². The van der Waals surface area contributed by atoms with Gasteiger partial charge in [0.2, 0.25) is 0 Å². The number of nitrogens with one attached hydrogen (secondary N) is 1. The van der Waals surface area contributed by atoms with Crippen molar-refractivity contribution in [1.29, 1.82) is 0 Å². The molecule has 0 saturated heterocycles. The predicted molar refractivity (Wildman–Crippen MR) is 116 cm³/mol. The Labute approximate surface area is 169 Å². The van der Waals surface area contributed by atoms with E-state index in [1.165, 1.54) is 51.4 Å². The number of phenolic OH excluding ortho intramolecular Hbond substituents is 1. The molecule has 2 rings (SSSR count). The fourth-order valence-electron chi connectivity index (χ4n) is 3.53. The van der Waals surface area contributed by atoms with Crippen molar-refractivity contribution in [1.82, 2.24) is 5.32 Å². The van der Waals surface area contributed by atoms with Crippen molar-refractivity contribution in [3.05, 3.63) is 35.9 Å². The van der Waals surface area contributed by atoms with Crippen LogP contribution in [0.1, 0.15) is 81.5 Å². The molecule has 1 amide bonds. The lowest BCUT2D eigenvalue weighted by atomic mass is 10.0. The van der Waals surface area contributed by atoms with Gasteiger partial charge in [-0.25, -0.2) is 0 Å². The van der Waals surface area contributed by atoms with E-state index in [1.54, 1.807) is 13.1 Å². The maximum absolute atomic E-state index is 12.1. The highest BCUT2D eigenvalue weighted by molar-refractivity contribution is 6.05. The van der Waals surface area contributed by atoms with Crippen LogP contribution in [0, 0.1) is 0 Å². The monoisotopic (exact) mass is 385 g/mol. The summed E-state index contributed by atoms with van der Waals surface area (Å²) in [6.07, 6.45) is 12.8. The number of phenols is 1. The van der Waals surface area contributed by atoms with E-state index in [9.17, 15) is 9.90 Å². The first-order valence-electron chi connectivity index (χ1n) is 10.8. The first kappa shape index (κ1) is 22.1. The molecule has 154 valence electrons. The van der Waals surface area contributed by atoms with Crippen molar-refractivity contribution in [2.75, 3.05) is 13.7 Å². The van der Waals surface area contributed by atoms with Gasteiger partial charge in [-0.1, -0.05) is 89.0 Å². The number of carbonyl (C=O) groups excluding carboxylic acids is 1. The molecule has 0 radical (unpaired) electrons. The van der Waals surface area contributed by atoms with Crippen molar-refractivity contribution in [3.8, 4) is 11.5 Å². The van der Waals surface area contributed by atoms with Gasteiger partial charge in [0, 0.05) is 17.8 Å². The minimum absolute atomic E-state index is 0.00115. The molecule has 0 fully saturated rings. The third-order valence-electron chi connectivity index (χ3n) is 5.21. The van der Waals surface area contributed by atoms with Gasteiger partial charge in [-0.3, -0.25) is 4.79 Å². The number of benzene rings is 2. The van der Waals surface area contributed by atoms with Crippen molar-refractivity contribution in [2.24, 2.45) is 0 Å². The van der Waals surface area contributed by atoms with Crippen molar-refractivity contribution >= 4 is 16.7 Å². The quantitative estimate of drug-likeness (QED) is 0.403. The third kappa shape index (κ3) is 6.43. The molecule has 0 unspecified atom stereocenters. The van der Waals surface area contributed by atoms with Gasteiger partial charge in [0.15, 0.2) is 0 Å². The van der Waals surface area contributed by atoms with Crippen LogP contribution >= 0.6 is 0 Å². The molecule has 4 nitrogen and oxygen atoms in total. The van der Waals surface area contributed by atoms with E-state index in [4.69, 9.17) is 4.74 Å². The van der Waals surface area contributed by atoms with Gasteiger partial charge >= 0.3 is 0 Å². The van der Waals surface area contributed by atoms with E-state index < -0.39 is 0 Å². The van der Waals surface area contributed by atoms with E-state index in [1.807, 2.05) is 24.3 Å². The normalized spacial score (nSPS) is 10.9. The SMILES string of the molecule is CCCCCCCCCCCCOc1cc(C(=O)NC)c(O)c2ccccc12. The van der Waals surface area contributed by atoms with Crippen LogP contribution in [-0.4, -0.2) is 24.7 Å². The summed E-state index contributed by atoms with van der Waals surface area (Å²) in [6, 6.07) is 9.13. The largest absolute Gasteiger partial charge is 0.506 e. The Kier molecular flexibility index (Phi) is 9.67. The van der Waals surface area contributed by atoms with Crippen LogP contribution in [0.3, 0.4) is 0 Å². The standard InChI is InChI=1S/C24H35NO3/c1-3-4-5-6-7-8-9-10-11-14-17-28-22-18-21(24(27)25-2)23(26)20-16-13-12-15-19(20)22/h12-13,15-16,18,26H,3-11,14,17H2,1-2H3,(H,25,27). The maximum Gasteiger partial charge on any atom is 0.254 e. The Hall–Kier alpha value is -2.23. The maximum atomic E-state index is 12.1. The number of aromatic hydroxyl groups is 1. The first-order chi connectivity index (χ1) is 13.7. The average Bonchev–Trinajstić information content (AvgIpc) is 2.73. The Morgan fingerprint density at radius 2 is 1.50 bits per heavy atom. The van der Waals surface area contributed by atoms with E-state index >= 15 is 0 Å². The molecule has 0 spiro atoms. The molecule has 2 N–H and O–H groups in total. The van der Waals surface area contributed by atoms with E-state index in [0.29, 0.717) is 17.7 Å². The molecule has 0 heterocycles. The van der Waals surface area contributed by atoms with E-state index in [-0.39, 0.29) is 17.2 Å². The lowest BCUT2D eigenvalue weighted by Gasteiger charge is -2.13. The van der Waals surface area contributed by atoms with Crippen LogP contribution in [-0.2, 0) is 0 Å². The predicted octanol–water partition coefficient (Wildman–Crippen LogP) is 6.20. The summed E-state index contributed by atoms with van der Waals surface area (Å²) in [6.45, 7) is 2.88. The molecule has 0 aromatic heterocycles. The van der Waals surface area contributed by atoms with Crippen LogP contribution in [0.5, 0.6) is 11.5 Å². The van der Waals surface area contributed by atoms with Gasteiger partial charge in [-0.2, -0.15) is 0 Å². The molecular weight excluding hydrogens is 350 g/mol. The number of hydrogen-bond donors (Lipinski definition) is 2. The Morgan fingerprint density at radius 3 is 2.11 bits per heavy atom. The molecule has 28 heavy (non-hydrogen) atoms. The number of rotatable bonds is 13. The number of amides is 1. The molecule has 0 aliphatic rings. The minimum Gasteiger partial charge on any atom is -0.506 e. The van der Waals surface area contributed by atoms with Crippen molar-refractivity contribution in [2.45, 2.75) is 71.1 Å². The molecule has 0 aliphatic heterocycles. The number of unbranched alkanes of at least 4 members (excludes halogenated alkanes) is 9. The highest BCUT2D eigenvalue weighted by atomic mass is 16.5.